The lowest BCUT2D eigenvalue weighted by Crippen LogP contribution is -2.25. The van der Waals surface area contributed by atoms with Crippen LogP contribution in [-0.2, 0) is 6.42 Å². The minimum absolute atomic E-state index is 0.00836. The van der Waals surface area contributed by atoms with E-state index in [9.17, 15) is 9.90 Å². The molecule has 2 rings (SSSR count). The summed E-state index contributed by atoms with van der Waals surface area (Å²) in [5.74, 6) is 0.797. The lowest BCUT2D eigenvalue weighted by atomic mass is 9.75. The number of aliphatic hydroxyl groups excluding tert-OH is 1. The Morgan fingerprint density at radius 1 is 1.63 bits per heavy atom. The van der Waals surface area contributed by atoms with Crippen LogP contribution in [0.1, 0.15) is 53.8 Å². The molecule has 0 radical (unpaired) electrons. The second kappa shape index (κ2) is 4.85. The van der Waals surface area contributed by atoms with E-state index in [1.54, 1.807) is 6.08 Å². The molecule has 1 aromatic rings. The Kier molecular flexibility index (Phi) is 3.54. The number of carbonyl (C=O) groups excluding carboxylic acids is 1. The van der Waals surface area contributed by atoms with Crippen molar-refractivity contribution >= 4 is 5.91 Å². The Morgan fingerprint density at radius 2 is 2.32 bits per heavy atom. The summed E-state index contributed by atoms with van der Waals surface area (Å²) in [4.78, 5) is 12.0. The molecule has 1 aliphatic carbocycles. The molecule has 1 amide bonds. The van der Waals surface area contributed by atoms with Crippen molar-refractivity contribution in [1.29, 1.82) is 0 Å². The highest BCUT2D eigenvalue weighted by atomic mass is 16.4. The maximum atomic E-state index is 12.0. The largest absolute Gasteiger partial charge is 0.455 e. The van der Waals surface area contributed by atoms with Gasteiger partial charge in [0.05, 0.1) is 6.10 Å². The summed E-state index contributed by atoms with van der Waals surface area (Å²) >= 11 is 0. The number of amides is 1. The van der Waals surface area contributed by atoms with Crippen molar-refractivity contribution in [2.24, 2.45) is 5.41 Å². The van der Waals surface area contributed by atoms with E-state index >= 15 is 0 Å². The van der Waals surface area contributed by atoms with Gasteiger partial charge in [-0.2, -0.15) is 0 Å². The van der Waals surface area contributed by atoms with Crippen molar-refractivity contribution in [1.82, 2.24) is 5.32 Å². The molecule has 19 heavy (non-hydrogen) atoms. The van der Waals surface area contributed by atoms with Crippen LogP contribution in [0.3, 0.4) is 0 Å². The van der Waals surface area contributed by atoms with Gasteiger partial charge in [0.15, 0.2) is 5.76 Å². The number of nitrogens with one attached hydrogen (secondary N) is 1. The SMILES string of the molecule is C=CCNC(=O)c1oc2c(c1C)C(O)CC(C)(C)C2. The molecule has 0 aliphatic heterocycles. The molecule has 1 atom stereocenters. The fourth-order valence-corrected chi connectivity index (χ4v) is 2.75. The van der Waals surface area contributed by atoms with Crippen LogP contribution in [-0.4, -0.2) is 17.6 Å². The van der Waals surface area contributed by atoms with Crippen LogP contribution in [0.4, 0.5) is 0 Å². The molecule has 1 aliphatic rings. The number of carbonyl (C=O) groups is 1. The average Bonchev–Trinajstić information content (AvgIpc) is 2.61. The summed E-state index contributed by atoms with van der Waals surface area (Å²) in [5, 5.41) is 12.9. The van der Waals surface area contributed by atoms with E-state index in [0.717, 1.165) is 23.3 Å². The van der Waals surface area contributed by atoms with Crippen molar-refractivity contribution in [2.75, 3.05) is 6.54 Å². The van der Waals surface area contributed by atoms with Crippen LogP contribution >= 0.6 is 0 Å². The van der Waals surface area contributed by atoms with Crippen LogP contribution in [0.25, 0.3) is 0 Å². The van der Waals surface area contributed by atoms with E-state index < -0.39 is 6.10 Å². The normalized spacial score (nSPS) is 20.7. The molecule has 1 aromatic heterocycles. The minimum Gasteiger partial charge on any atom is -0.455 e. The van der Waals surface area contributed by atoms with Crippen molar-refractivity contribution in [3.63, 3.8) is 0 Å². The lowest BCUT2D eigenvalue weighted by molar-refractivity contribution is 0.0887. The first kappa shape index (κ1) is 13.9. The molecule has 1 heterocycles. The molecular weight excluding hydrogens is 242 g/mol. The van der Waals surface area contributed by atoms with E-state index in [0.29, 0.717) is 18.7 Å². The predicted octanol–water partition coefficient (Wildman–Crippen LogP) is 2.51. The molecule has 4 nitrogen and oxygen atoms in total. The van der Waals surface area contributed by atoms with Gasteiger partial charge in [-0.3, -0.25) is 4.79 Å². The molecule has 0 aromatic carbocycles. The number of furan rings is 1. The highest BCUT2D eigenvalue weighted by Crippen LogP contribution is 2.43. The first-order chi connectivity index (χ1) is 8.85. The topological polar surface area (TPSA) is 62.5 Å². The fourth-order valence-electron chi connectivity index (χ4n) is 2.75. The summed E-state index contributed by atoms with van der Waals surface area (Å²) < 4.78 is 5.70. The zero-order valence-corrected chi connectivity index (χ0v) is 11.7. The third-order valence-corrected chi connectivity index (χ3v) is 3.60. The smallest absolute Gasteiger partial charge is 0.287 e. The molecule has 0 bridgehead atoms. The summed E-state index contributed by atoms with van der Waals surface area (Å²) in [6.07, 6.45) is 2.50. The van der Waals surface area contributed by atoms with Crippen molar-refractivity contribution in [3.05, 3.63) is 35.3 Å². The van der Waals surface area contributed by atoms with E-state index in [1.807, 2.05) is 6.92 Å². The summed E-state index contributed by atoms with van der Waals surface area (Å²) in [5.41, 5.74) is 1.54. The Balaban J connectivity index is 2.35. The highest BCUT2D eigenvalue weighted by molar-refractivity contribution is 5.93. The first-order valence-corrected chi connectivity index (χ1v) is 6.55. The monoisotopic (exact) mass is 263 g/mol. The van der Waals surface area contributed by atoms with Gasteiger partial charge in [-0.15, -0.1) is 6.58 Å². The highest BCUT2D eigenvalue weighted by Gasteiger charge is 2.37. The second-order valence-electron chi connectivity index (χ2n) is 5.95. The van der Waals surface area contributed by atoms with E-state index in [4.69, 9.17) is 4.42 Å². The number of hydrogen-bond acceptors (Lipinski definition) is 3. The third-order valence-electron chi connectivity index (χ3n) is 3.60. The number of rotatable bonds is 3. The molecule has 0 spiro atoms. The Hall–Kier alpha value is -1.55. The minimum atomic E-state index is -0.552. The lowest BCUT2D eigenvalue weighted by Gasteiger charge is -2.31. The van der Waals surface area contributed by atoms with Crippen LogP contribution in [0, 0.1) is 12.3 Å². The van der Waals surface area contributed by atoms with Crippen LogP contribution in [0.15, 0.2) is 17.1 Å². The maximum absolute atomic E-state index is 12.0. The Labute approximate surface area is 113 Å². The van der Waals surface area contributed by atoms with Gasteiger partial charge < -0.3 is 14.8 Å². The zero-order valence-electron chi connectivity index (χ0n) is 11.7. The standard InChI is InChI=1S/C15H21NO3/c1-5-6-16-14(18)13-9(2)12-10(17)7-15(3,4)8-11(12)19-13/h5,10,17H,1,6-8H2,2-4H3,(H,16,18). The molecule has 104 valence electrons. The molecule has 1 unspecified atom stereocenters. The Bertz CT molecular complexity index is 514. The summed E-state index contributed by atoms with van der Waals surface area (Å²) in [7, 11) is 0. The fraction of sp³-hybridized carbons (Fsp3) is 0.533. The van der Waals surface area contributed by atoms with Crippen LogP contribution in [0.5, 0.6) is 0 Å². The van der Waals surface area contributed by atoms with Crippen LogP contribution < -0.4 is 5.32 Å². The van der Waals surface area contributed by atoms with Gasteiger partial charge in [0.25, 0.3) is 5.91 Å². The number of fused-ring (bicyclic) bond motifs is 1. The van der Waals surface area contributed by atoms with Gasteiger partial charge >= 0.3 is 0 Å². The van der Waals surface area contributed by atoms with Crippen molar-refractivity contribution in [2.45, 2.75) is 39.7 Å². The quantitative estimate of drug-likeness (QED) is 0.824. The van der Waals surface area contributed by atoms with Gasteiger partial charge in [0, 0.05) is 24.1 Å². The molecule has 0 saturated carbocycles. The molecular formula is C15H21NO3. The molecule has 0 saturated heterocycles. The average molecular weight is 263 g/mol. The Morgan fingerprint density at radius 3 is 2.95 bits per heavy atom. The van der Waals surface area contributed by atoms with Gasteiger partial charge in [-0.25, -0.2) is 0 Å². The second-order valence-corrected chi connectivity index (χ2v) is 5.95. The maximum Gasteiger partial charge on any atom is 0.287 e. The summed E-state index contributed by atoms with van der Waals surface area (Å²) in [6, 6.07) is 0. The van der Waals surface area contributed by atoms with E-state index in [-0.39, 0.29) is 11.3 Å². The summed E-state index contributed by atoms with van der Waals surface area (Å²) in [6.45, 7) is 9.97. The van der Waals surface area contributed by atoms with Gasteiger partial charge in [0.2, 0.25) is 0 Å². The van der Waals surface area contributed by atoms with E-state index in [2.05, 4.69) is 25.7 Å². The first-order valence-electron chi connectivity index (χ1n) is 6.55. The van der Waals surface area contributed by atoms with Crippen molar-refractivity contribution < 1.29 is 14.3 Å². The zero-order chi connectivity index (χ0) is 14.2. The third kappa shape index (κ3) is 2.59. The molecule has 4 heteroatoms. The van der Waals surface area contributed by atoms with E-state index in [1.165, 1.54) is 0 Å². The van der Waals surface area contributed by atoms with Gasteiger partial charge in [-0.1, -0.05) is 19.9 Å². The number of hydrogen-bond donors (Lipinski definition) is 2. The molecule has 0 fully saturated rings. The predicted molar refractivity (Wildman–Crippen MR) is 73.0 cm³/mol. The number of aliphatic hydroxyl groups is 1. The van der Waals surface area contributed by atoms with Crippen LogP contribution in [0.2, 0.25) is 0 Å². The van der Waals surface area contributed by atoms with Crippen molar-refractivity contribution in [3.8, 4) is 0 Å². The van der Waals surface area contributed by atoms with Gasteiger partial charge in [0.1, 0.15) is 5.76 Å². The van der Waals surface area contributed by atoms with Gasteiger partial charge in [-0.05, 0) is 18.8 Å². The molecule has 2 N–H and O–H groups in total.